The highest BCUT2D eigenvalue weighted by Gasteiger charge is 2.50. The highest BCUT2D eigenvalue weighted by molar-refractivity contribution is 6.10. The van der Waals surface area contributed by atoms with Crippen molar-refractivity contribution in [1.82, 2.24) is 5.32 Å². The van der Waals surface area contributed by atoms with Gasteiger partial charge in [-0.1, -0.05) is 0 Å². The Morgan fingerprint density at radius 2 is 1.13 bits per heavy atom. The van der Waals surface area contributed by atoms with Gasteiger partial charge < -0.3 is 51.4 Å². The number of rotatable bonds is 14. The smallest absolute Gasteiger partial charge is 0.339 e. The molecule has 8 rings (SSSR count). The number of phenols is 2. The zero-order valence-electron chi connectivity index (χ0n) is 33.7. The van der Waals surface area contributed by atoms with Gasteiger partial charge in [-0.05, 0) is 129 Å². The minimum Gasteiger partial charge on any atom is -0.504 e. The van der Waals surface area contributed by atoms with Crippen LogP contribution in [0.2, 0.25) is 0 Å². The van der Waals surface area contributed by atoms with Crippen LogP contribution in [0.3, 0.4) is 0 Å². The van der Waals surface area contributed by atoms with Gasteiger partial charge in [0.05, 0.1) is 43.6 Å². The van der Waals surface area contributed by atoms with Gasteiger partial charge >= 0.3 is 5.97 Å². The SMILES string of the molecule is COc1c(NC(=O)c2ccc(NC(=O)c3ccc(NC(=O)[C@H](CC#N)NC(=O)c4ccc(NC(=O)C5C6CC7CC(C6)CC5C7)cc4)cc3)c(OC)c2O)ccc(C(=O)O)c1O. The fourth-order valence-electron chi connectivity index (χ4n) is 9.25. The summed E-state index contributed by atoms with van der Waals surface area (Å²) in [5.74, 6) is -3.71. The standard InChI is InChI=1S/C45H44N6O11/c1-61-38-32(13-11-30(36(38)52)42(56)50-33-14-12-31(45(59)60)37(53)39(33)62-2)49-40(54)24-3-7-28(8-4-24)47-43(57)34(15-16-46)51-41(55)25-5-9-29(10-6-25)48-44(58)35-26-18-22-17-23(20-26)21-27(35)19-22/h3-14,22-23,26-27,34-35,52-53H,15,17-21H2,1-2H3,(H,47,57)(H,48,58)(H,49,54)(H,50,56)(H,51,55)(H,59,60)/t22?,23?,26?,27?,34-,35?/m0/s1. The van der Waals surface area contributed by atoms with Crippen LogP contribution in [-0.2, 0) is 9.59 Å². The Hall–Kier alpha value is -7.61. The monoisotopic (exact) mass is 844 g/mol. The van der Waals surface area contributed by atoms with Crippen LogP contribution in [-0.4, -0.2) is 71.1 Å². The fraction of sp³-hybridized carbons (Fsp3) is 0.311. The maximum atomic E-state index is 13.3. The van der Waals surface area contributed by atoms with Crippen molar-refractivity contribution in [2.45, 2.75) is 44.6 Å². The van der Waals surface area contributed by atoms with E-state index in [9.17, 15) is 49.3 Å². The topological polar surface area (TPSA) is 266 Å². The molecule has 0 heterocycles. The van der Waals surface area contributed by atoms with Crippen molar-refractivity contribution in [3.8, 4) is 29.1 Å². The number of carboxylic acids is 1. The van der Waals surface area contributed by atoms with Crippen LogP contribution in [0.15, 0.2) is 72.8 Å². The molecule has 4 saturated carbocycles. The molecule has 5 amide bonds. The lowest BCUT2D eigenvalue weighted by Crippen LogP contribution is -2.49. The van der Waals surface area contributed by atoms with Crippen molar-refractivity contribution in [3.05, 3.63) is 95.1 Å². The van der Waals surface area contributed by atoms with Crippen molar-refractivity contribution >= 4 is 58.3 Å². The number of nitrogens with zero attached hydrogens (tertiary/aromatic N) is 1. The number of benzene rings is 4. The van der Waals surface area contributed by atoms with Crippen LogP contribution < -0.4 is 36.1 Å². The van der Waals surface area contributed by atoms with E-state index in [1.54, 1.807) is 24.3 Å². The molecule has 0 aliphatic heterocycles. The molecule has 4 aliphatic carbocycles. The highest BCUT2D eigenvalue weighted by atomic mass is 16.5. The van der Waals surface area contributed by atoms with Crippen molar-refractivity contribution in [2.24, 2.45) is 29.6 Å². The van der Waals surface area contributed by atoms with Crippen molar-refractivity contribution < 1.29 is 53.6 Å². The average Bonchev–Trinajstić information content (AvgIpc) is 3.23. The van der Waals surface area contributed by atoms with E-state index in [0.29, 0.717) is 17.5 Å². The normalized spacial score (nSPS) is 19.9. The zero-order valence-corrected chi connectivity index (χ0v) is 33.7. The highest BCUT2D eigenvalue weighted by Crippen LogP contribution is 2.56. The van der Waals surface area contributed by atoms with E-state index >= 15 is 0 Å². The number of aromatic hydroxyl groups is 2. The fourth-order valence-corrected chi connectivity index (χ4v) is 9.25. The predicted octanol–water partition coefficient (Wildman–Crippen LogP) is 5.98. The number of amides is 5. The second-order valence-corrected chi connectivity index (χ2v) is 15.8. The summed E-state index contributed by atoms with van der Waals surface area (Å²) >= 11 is 0. The maximum absolute atomic E-state index is 13.3. The molecular weight excluding hydrogens is 801 g/mol. The minimum absolute atomic E-state index is 0.00272. The number of nitrogens with one attached hydrogen (secondary N) is 5. The number of carbonyl (C=O) groups is 6. The molecule has 17 heteroatoms. The number of carboxylic acid groups (broad SMARTS) is 1. The minimum atomic E-state index is -1.42. The van der Waals surface area contributed by atoms with E-state index in [4.69, 9.17) is 9.47 Å². The third-order valence-corrected chi connectivity index (χ3v) is 11.9. The van der Waals surface area contributed by atoms with E-state index < -0.39 is 52.7 Å². The van der Waals surface area contributed by atoms with Crippen LogP contribution in [0.1, 0.15) is 80.0 Å². The Morgan fingerprint density at radius 3 is 1.65 bits per heavy atom. The number of aromatic carboxylic acids is 1. The van der Waals surface area contributed by atoms with Gasteiger partial charge in [-0.2, -0.15) is 5.26 Å². The third kappa shape index (κ3) is 8.80. The Morgan fingerprint density at radius 1 is 0.645 bits per heavy atom. The van der Waals surface area contributed by atoms with Crippen molar-refractivity contribution in [1.29, 1.82) is 5.26 Å². The predicted molar refractivity (Wildman–Crippen MR) is 224 cm³/mol. The average molecular weight is 845 g/mol. The van der Waals surface area contributed by atoms with Gasteiger partial charge in [0.15, 0.2) is 23.0 Å². The lowest BCUT2D eigenvalue weighted by atomic mass is 9.51. The molecule has 4 aromatic rings. The van der Waals surface area contributed by atoms with Crippen LogP contribution in [0.4, 0.5) is 22.7 Å². The van der Waals surface area contributed by atoms with Crippen molar-refractivity contribution in [2.75, 3.05) is 35.5 Å². The number of anilines is 4. The summed E-state index contributed by atoms with van der Waals surface area (Å²) in [6, 6.07) is 17.5. The van der Waals surface area contributed by atoms with E-state index in [1.807, 2.05) is 6.07 Å². The van der Waals surface area contributed by atoms with E-state index in [2.05, 4.69) is 26.6 Å². The lowest BCUT2D eigenvalue weighted by molar-refractivity contribution is -0.132. The number of hydrogen-bond donors (Lipinski definition) is 8. The van der Waals surface area contributed by atoms with Crippen LogP contribution in [0, 0.1) is 40.9 Å². The largest absolute Gasteiger partial charge is 0.504 e. The Labute approximate surface area is 355 Å². The summed E-state index contributed by atoms with van der Waals surface area (Å²) in [5.41, 5.74) is 0.363. The quantitative estimate of drug-likeness (QED) is 0.0729. The summed E-state index contributed by atoms with van der Waals surface area (Å²) in [6.45, 7) is 0. The molecule has 0 unspecified atom stereocenters. The van der Waals surface area contributed by atoms with Gasteiger partial charge in [-0.15, -0.1) is 0 Å². The lowest BCUT2D eigenvalue weighted by Gasteiger charge is -2.53. The van der Waals surface area contributed by atoms with E-state index in [-0.39, 0.29) is 63.5 Å². The van der Waals surface area contributed by atoms with Gasteiger partial charge in [0.1, 0.15) is 11.6 Å². The molecule has 0 aromatic heterocycles. The first-order chi connectivity index (χ1) is 29.8. The molecule has 0 saturated heterocycles. The molecule has 4 bridgehead atoms. The number of carbonyl (C=O) groups excluding carboxylic acids is 5. The summed E-state index contributed by atoms with van der Waals surface area (Å²) < 4.78 is 10.4. The van der Waals surface area contributed by atoms with Gasteiger partial charge in [0.25, 0.3) is 17.7 Å². The maximum Gasteiger partial charge on any atom is 0.339 e. The number of nitriles is 1. The molecule has 17 nitrogen and oxygen atoms in total. The summed E-state index contributed by atoms with van der Waals surface area (Å²) in [4.78, 5) is 77.4. The number of ether oxygens (including phenoxy) is 2. The second-order valence-electron chi connectivity index (χ2n) is 15.8. The summed E-state index contributed by atoms with van der Waals surface area (Å²) in [5, 5.41) is 53.2. The first-order valence-electron chi connectivity index (χ1n) is 19.9. The Kier molecular flexibility index (Phi) is 12.3. The van der Waals surface area contributed by atoms with Gasteiger partial charge in [0, 0.05) is 28.4 Å². The van der Waals surface area contributed by atoms with Crippen LogP contribution >= 0.6 is 0 Å². The molecule has 62 heavy (non-hydrogen) atoms. The molecular formula is C45H44N6O11. The van der Waals surface area contributed by atoms with E-state index in [0.717, 1.165) is 43.6 Å². The summed E-state index contributed by atoms with van der Waals surface area (Å²) in [6.07, 6.45) is 5.47. The van der Waals surface area contributed by atoms with Gasteiger partial charge in [0.2, 0.25) is 11.8 Å². The Bertz CT molecular complexity index is 2450. The Balaban J connectivity index is 0.935. The van der Waals surface area contributed by atoms with Crippen molar-refractivity contribution in [3.63, 3.8) is 0 Å². The van der Waals surface area contributed by atoms with Gasteiger partial charge in [-0.25, -0.2) is 4.79 Å². The molecule has 8 N–H and O–H groups in total. The summed E-state index contributed by atoms with van der Waals surface area (Å²) in [7, 11) is 2.37. The second kappa shape index (κ2) is 17.9. The molecule has 0 spiro atoms. The molecule has 1 atom stereocenters. The molecule has 320 valence electrons. The van der Waals surface area contributed by atoms with E-state index in [1.165, 1.54) is 63.1 Å². The first-order valence-corrected chi connectivity index (χ1v) is 19.9. The first kappa shape index (κ1) is 42.5. The zero-order chi connectivity index (χ0) is 44.2. The molecule has 4 aliphatic rings. The van der Waals surface area contributed by atoms with Gasteiger partial charge in [-0.3, -0.25) is 24.0 Å². The molecule has 4 aromatic carbocycles. The number of phenolic OH excluding ortho intramolecular Hbond substituents is 1. The van der Waals surface area contributed by atoms with Crippen LogP contribution in [0.25, 0.3) is 0 Å². The number of hydrogen-bond acceptors (Lipinski definition) is 11. The van der Waals surface area contributed by atoms with Crippen LogP contribution in [0.5, 0.6) is 23.0 Å². The molecule has 4 fully saturated rings. The third-order valence-electron chi connectivity index (χ3n) is 11.9. The molecule has 0 radical (unpaired) electrons. The number of methoxy groups -OCH3 is 2.